The summed E-state index contributed by atoms with van der Waals surface area (Å²) in [6.45, 7) is 8.18. The van der Waals surface area contributed by atoms with Crippen LogP contribution in [0.3, 0.4) is 0 Å². The van der Waals surface area contributed by atoms with Gasteiger partial charge in [0.1, 0.15) is 0 Å². The molecule has 4 heteroatoms. The molecule has 1 atom stereocenters. The van der Waals surface area contributed by atoms with E-state index >= 15 is 0 Å². The van der Waals surface area contributed by atoms with E-state index in [0.29, 0.717) is 17.7 Å². The van der Waals surface area contributed by atoms with Gasteiger partial charge >= 0.3 is 7.94 Å². The number of hydrogen-bond donors (Lipinski definition) is 0. The summed E-state index contributed by atoms with van der Waals surface area (Å²) in [5.41, 5.74) is 5.03. The Morgan fingerprint density at radius 1 is 1.09 bits per heavy atom. The standard InChI is InChI=1S/C19H21O3P/c1-5-21-23(20)19-15(4)9-14(3)11-17(19)12-18(22-23)16-8-6-7-13(2)10-16/h6-12H,5H2,1-4H3. The summed E-state index contributed by atoms with van der Waals surface area (Å²) in [6, 6.07) is 12.0. The van der Waals surface area contributed by atoms with Gasteiger partial charge in [-0.2, -0.15) is 4.52 Å². The number of hydrogen-bond acceptors (Lipinski definition) is 3. The zero-order valence-electron chi connectivity index (χ0n) is 13.9. The highest BCUT2D eigenvalue weighted by Crippen LogP contribution is 2.58. The van der Waals surface area contributed by atoms with Gasteiger partial charge in [-0.1, -0.05) is 29.8 Å². The van der Waals surface area contributed by atoms with Gasteiger partial charge in [0.05, 0.1) is 6.61 Å². The SMILES string of the molecule is CCO[P+]1([O-])OC(c2cccc(C)c2)=Cc2cc(C)cc(C)c21. The van der Waals surface area contributed by atoms with Crippen LogP contribution in [0.25, 0.3) is 11.8 Å². The molecular formula is C19H21O3P. The fraction of sp³-hybridized carbons (Fsp3) is 0.263. The molecule has 3 rings (SSSR count). The van der Waals surface area contributed by atoms with Crippen LogP contribution in [0.5, 0.6) is 0 Å². The molecule has 1 aliphatic rings. The molecule has 0 saturated carbocycles. The molecule has 1 aliphatic heterocycles. The third kappa shape index (κ3) is 3.05. The van der Waals surface area contributed by atoms with E-state index in [1.165, 1.54) is 0 Å². The predicted molar refractivity (Wildman–Crippen MR) is 94.2 cm³/mol. The molecule has 2 aromatic rings. The number of fused-ring (bicyclic) bond motifs is 1. The summed E-state index contributed by atoms with van der Waals surface area (Å²) in [5.74, 6) is 0.600. The van der Waals surface area contributed by atoms with Crippen LogP contribution in [0.15, 0.2) is 36.4 Å². The van der Waals surface area contributed by atoms with E-state index in [0.717, 1.165) is 27.8 Å². The number of rotatable bonds is 3. The molecule has 0 N–H and O–H groups in total. The van der Waals surface area contributed by atoms with E-state index in [2.05, 4.69) is 0 Å². The minimum absolute atomic E-state index is 0.338. The third-order valence-electron chi connectivity index (χ3n) is 3.85. The van der Waals surface area contributed by atoms with Gasteiger partial charge in [-0.15, -0.1) is 0 Å². The van der Waals surface area contributed by atoms with Gasteiger partial charge in [0.15, 0.2) is 11.1 Å². The van der Waals surface area contributed by atoms with Crippen LogP contribution in [-0.4, -0.2) is 6.61 Å². The van der Waals surface area contributed by atoms with Gasteiger partial charge in [0.2, 0.25) is 0 Å². The van der Waals surface area contributed by atoms with Gasteiger partial charge < -0.3 is 9.42 Å². The maximum absolute atomic E-state index is 13.4. The first-order valence-corrected chi connectivity index (χ1v) is 9.32. The Morgan fingerprint density at radius 2 is 1.87 bits per heavy atom. The number of benzene rings is 2. The van der Waals surface area contributed by atoms with Crippen LogP contribution in [0.4, 0.5) is 0 Å². The molecule has 120 valence electrons. The van der Waals surface area contributed by atoms with Gasteiger partial charge in [0.25, 0.3) is 0 Å². The van der Waals surface area contributed by atoms with E-state index in [1.54, 1.807) is 0 Å². The van der Waals surface area contributed by atoms with Crippen molar-refractivity contribution < 1.29 is 13.9 Å². The number of aryl methyl sites for hydroxylation is 3. The van der Waals surface area contributed by atoms with Crippen molar-refractivity contribution in [1.29, 1.82) is 0 Å². The maximum atomic E-state index is 13.4. The second kappa shape index (κ2) is 6.09. The van der Waals surface area contributed by atoms with Crippen molar-refractivity contribution in [2.75, 3.05) is 6.61 Å². The molecule has 0 bridgehead atoms. The summed E-state index contributed by atoms with van der Waals surface area (Å²) in [7, 11) is -3.37. The summed E-state index contributed by atoms with van der Waals surface area (Å²) < 4.78 is 11.5. The second-order valence-corrected chi connectivity index (χ2v) is 7.79. The van der Waals surface area contributed by atoms with E-state index in [-0.39, 0.29) is 0 Å². The highest BCUT2D eigenvalue weighted by molar-refractivity contribution is 7.68. The highest BCUT2D eigenvalue weighted by Gasteiger charge is 2.42. The van der Waals surface area contributed by atoms with Gasteiger partial charge in [-0.25, -0.2) is 0 Å². The molecule has 0 aromatic heterocycles. The Bertz CT molecular complexity index is 782. The topological polar surface area (TPSA) is 41.5 Å². The van der Waals surface area contributed by atoms with Crippen LogP contribution in [0, 0.1) is 20.8 Å². The van der Waals surface area contributed by atoms with Crippen molar-refractivity contribution in [2.45, 2.75) is 27.7 Å². The van der Waals surface area contributed by atoms with Crippen molar-refractivity contribution in [2.24, 2.45) is 0 Å². The van der Waals surface area contributed by atoms with Crippen LogP contribution in [0.2, 0.25) is 0 Å². The first-order chi connectivity index (χ1) is 10.9. The van der Waals surface area contributed by atoms with E-state index < -0.39 is 7.94 Å². The fourth-order valence-corrected chi connectivity index (χ4v) is 4.99. The van der Waals surface area contributed by atoms with Crippen LogP contribution >= 0.6 is 7.94 Å². The molecule has 0 amide bonds. The zero-order chi connectivity index (χ0) is 16.6. The van der Waals surface area contributed by atoms with Crippen LogP contribution in [-0.2, 0) is 9.05 Å². The fourth-order valence-electron chi connectivity index (χ4n) is 3.01. The molecule has 0 fully saturated rings. The molecule has 23 heavy (non-hydrogen) atoms. The molecule has 0 saturated heterocycles. The van der Waals surface area contributed by atoms with Crippen molar-refractivity contribution in [1.82, 2.24) is 0 Å². The quantitative estimate of drug-likeness (QED) is 0.802. The summed E-state index contributed by atoms with van der Waals surface area (Å²) in [6.07, 6.45) is 1.96. The van der Waals surface area contributed by atoms with E-state index in [4.69, 9.17) is 9.05 Å². The lowest BCUT2D eigenvalue weighted by Crippen LogP contribution is -2.32. The Labute approximate surface area is 138 Å². The average Bonchev–Trinajstić information content (AvgIpc) is 2.45. The molecule has 1 heterocycles. The monoisotopic (exact) mass is 328 g/mol. The molecule has 0 radical (unpaired) electrons. The first-order valence-electron chi connectivity index (χ1n) is 7.77. The van der Waals surface area contributed by atoms with Crippen LogP contribution < -0.4 is 10.2 Å². The molecule has 2 aromatic carbocycles. The van der Waals surface area contributed by atoms with Gasteiger partial charge in [0, 0.05) is 11.1 Å². The minimum atomic E-state index is -3.37. The maximum Gasteiger partial charge on any atom is 0.319 e. The largest absolute Gasteiger partial charge is 0.620 e. The predicted octanol–water partition coefficient (Wildman–Crippen LogP) is 3.92. The zero-order valence-corrected chi connectivity index (χ0v) is 14.8. The first kappa shape index (κ1) is 16.2. The lowest BCUT2D eigenvalue weighted by atomic mass is 10.0. The van der Waals surface area contributed by atoms with Gasteiger partial charge in [-0.3, -0.25) is 0 Å². The Kier molecular flexibility index (Phi) is 4.29. The highest BCUT2D eigenvalue weighted by atomic mass is 31.2. The lowest BCUT2D eigenvalue weighted by Gasteiger charge is -2.33. The normalized spacial score (nSPS) is 19.8. The van der Waals surface area contributed by atoms with Crippen LogP contribution in [0.1, 0.15) is 34.7 Å². The lowest BCUT2D eigenvalue weighted by molar-refractivity contribution is -0.207. The third-order valence-corrected chi connectivity index (χ3v) is 6.05. The Morgan fingerprint density at radius 3 is 2.57 bits per heavy atom. The Balaban J connectivity index is 2.19. The minimum Gasteiger partial charge on any atom is -0.620 e. The average molecular weight is 328 g/mol. The van der Waals surface area contributed by atoms with E-state index in [1.807, 2.05) is 70.2 Å². The summed E-state index contributed by atoms with van der Waals surface area (Å²) in [4.78, 5) is 13.4. The molecular weight excluding hydrogens is 307 g/mol. The Hall–Kier alpha value is -1.67. The van der Waals surface area contributed by atoms with Crippen molar-refractivity contribution >= 4 is 25.1 Å². The molecule has 0 aliphatic carbocycles. The summed E-state index contributed by atoms with van der Waals surface area (Å²) in [5, 5.41) is 0.682. The summed E-state index contributed by atoms with van der Waals surface area (Å²) >= 11 is 0. The van der Waals surface area contributed by atoms with Crippen molar-refractivity contribution in [3.8, 4) is 0 Å². The molecule has 3 nitrogen and oxygen atoms in total. The van der Waals surface area contributed by atoms with Gasteiger partial charge in [-0.05, 0) is 57.0 Å². The molecule has 1 unspecified atom stereocenters. The second-order valence-electron chi connectivity index (χ2n) is 5.90. The van der Waals surface area contributed by atoms with Crippen molar-refractivity contribution in [3.63, 3.8) is 0 Å². The smallest absolute Gasteiger partial charge is 0.319 e. The van der Waals surface area contributed by atoms with Crippen molar-refractivity contribution in [3.05, 3.63) is 64.2 Å². The molecule has 0 spiro atoms. The van der Waals surface area contributed by atoms with E-state index in [9.17, 15) is 4.89 Å².